The van der Waals surface area contributed by atoms with Gasteiger partial charge in [-0.3, -0.25) is 0 Å². The van der Waals surface area contributed by atoms with Crippen molar-refractivity contribution in [3.05, 3.63) is 11.6 Å². The minimum Gasteiger partial charge on any atom is -0.309 e. The summed E-state index contributed by atoms with van der Waals surface area (Å²) >= 11 is 0. The monoisotopic (exact) mass is 183 g/mol. The molecule has 0 amide bonds. The normalized spacial score (nSPS) is 10.5. The third kappa shape index (κ3) is 11.7. The average Bonchev–Trinajstić information content (AvgIpc) is 2.01. The molecule has 13 heavy (non-hydrogen) atoms. The summed E-state index contributed by atoms with van der Waals surface area (Å²) in [6.45, 7) is 5.58. The molecule has 0 saturated carbocycles. The van der Waals surface area contributed by atoms with Gasteiger partial charge in [-0.15, -0.1) is 0 Å². The van der Waals surface area contributed by atoms with Gasteiger partial charge in [0.25, 0.3) is 0 Å². The Kier molecular flexibility index (Phi) is 8.11. The van der Waals surface area contributed by atoms with Crippen LogP contribution in [0.1, 0.15) is 46.0 Å². The van der Waals surface area contributed by atoms with Crippen molar-refractivity contribution in [2.75, 3.05) is 20.6 Å². The van der Waals surface area contributed by atoms with Gasteiger partial charge in [-0.25, -0.2) is 0 Å². The van der Waals surface area contributed by atoms with Crippen LogP contribution in [0.3, 0.4) is 0 Å². The van der Waals surface area contributed by atoms with Gasteiger partial charge in [-0.05, 0) is 53.8 Å². The molecule has 0 rings (SSSR count). The quantitative estimate of drug-likeness (QED) is 0.431. The van der Waals surface area contributed by atoms with Gasteiger partial charge in [-0.2, -0.15) is 0 Å². The lowest BCUT2D eigenvalue weighted by molar-refractivity contribution is 0.390. The summed E-state index contributed by atoms with van der Waals surface area (Å²) in [6.07, 6.45) is 9.09. The molecule has 0 atom stereocenters. The summed E-state index contributed by atoms with van der Waals surface area (Å²) in [4.78, 5) is 2.26. The zero-order chi connectivity index (χ0) is 10.1. The minimum absolute atomic E-state index is 1.24. The lowest BCUT2D eigenvalue weighted by atomic mass is 10.1. The molecule has 0 aromatic carbocycles. The Hall–Kier alpha value is -0.300. The predicted molar refractivity (Wildman–Crippen MR) is 61.1 cm³/mol. The van der Waals surface area contributed by atoms with Crippen molar-refractivity contribution in [3.8, 4) is 0 Å². The summed E-state index contributed by atoms with van der Waals surface area (Å²) in [6, 6.07) is 0. The maximum Gasteiger partial charge on any atom is -0.00248 e. The first-order valence-corrected chi connectivity index (χ1v) is 5.41. The number of nitrogens with zero attached hydrogens (tertiary/aromatic N) is 1. The van der Waals surface area contributed by atoms with Crippen LogP contribution in [-0.2, 0) is 0 Å². The first-order chi connectivity index (χ1) is 6.13. The van der Waals surface area contributed by atoms with Crippen LogP contribution >= 0.6 is 0 Å². The molecule has 0 bridgehead atoms. The van der Waals surface area contributed by atoms with Gasteiger partial charge in [0.05, 0.1) is 0 Å². The van der Waals surface area contributed by atoms with Crippen LogP contribution in [0.15, 0.2) is 11.6 Å². The number of rotatable bonds is 7. The van der Waals surface area contributed by atoms with Crippen molar-refractivity contribution in [3.63, 3.8) is 0 Å². The Morgan fingerprint density at radius 1 is 1.00 bits per heavy atom. The Bertz CT molecular complexity index is 132. The molecule has 0 aliphatic carbocycles. The summed E-state index contributed by atoms with van der Waals surface area (Å²) < 4.78 is 0. The maximum atomic E-state index is 2.34. The molecular weight excluding hydrogens is 158 g/mol. The highest BCUT2D eigenvalue weighted by molar-refractivity contribution is 4.92. The number of hydrogen-bond donors (Lipinski definition) is 0. The molecule has 78 valence electrons. The average molecular weight is 183 g/mol. The summed E-state index contributed by atoms with van der Waals surface area (Å²) in [5, 5.41) is 0. The first kappa shape index (κ1) is 12.7. The Labute approximate surface area is 83.8 Å². The van der Waals surface area contributed by atoms with E-state index in [1.807, 2.05) is 0 Å². The fourth-order valence-electron chi connectivity index (χ4n) is 1.32. The largest absolute Gasteiger partial charge is 0.309 e. The lowest BCUT2D eigenvalue weighted by Crippen LogP contribution is -2.12. The minimum atomic E-state index is 1.24. The summed E-state index contributed by atoms with van der Waals surface area (Å²) in [7, 11) is 4.28. The van der Waals surface area contributed by atoms with E-state index in [0.717, 1.165) is 0 Å². The molecular formula is C12H25N. The number of unbranched alkanes of at least 4 members (excludes halogenated alkanes) is 4. The van der Waals surface area contributed by atoms with Gasteiger partial charge in [0.1, 0.15) is 0 Å². The van der Waals surface area contributed by atoms with E-state index < -0.39 is 0 Å². The second-order valence-electron chi connectivity index (χ2n) is 4.29. The van der Waals surface area contributed by atoms with Crippen LogP contribution in [-0.4, -0.2) is 25.5 Å². The molecule has 0 aliphatic rings. The lowest BCUT2D eigenvalue weighted by Gasteiger charge is -2.08. The van der Waals surface area contributed by atoms with E-state index in [1.54, 1.807) is 0 Å². The molecule has 1 nitrogen and oxygen atoms in total. The molecule has 0 aromatic heterocycles. The number of hydrogen-bond acceptors (Lipinski definition) is 1. The van der Waals surface area contributed by atoms with Crippen molar-refractivity contribution in [2.24, 2.45) is 0 Å². The van der Waals surface area contributed by atoms with Crippen LogP contribution in [0.25, 0.3) is 0 Å². The molecule has 0 aliphatic heterocycles. The predicted octanol–water partition coefficient (Wildman–Crippen LogP) is 3.46. The van der Waals surface area contributed by atoms with Gasteiger partial charge in [0, 0.05) is 0 Å². The van der Waals surface area contributed by atoms with Crippen LogP contribution in [0.4, 0.5) is 0 Å². The van der Waals surface area contributed by atoms with E-state index in [0.29, 0.717) is 0 Å². The van der Waals surface area contributed by atoms with E-state index in [9.17, 15) is 0 Å². The molecule has 0 aromatic rings. The van der Waals surface area contributed by atoms with E-state index >= 15 is 0 Å². The van der Waals surface area contributed by atoms with Crippen molar-refractivity contribution in [1.29, 1.82) is 0 Å². The van der Waals surface area contributed by atoms with Gasteiger partial charge in [0.2, 0.25) is 0 Å². The fourth-order valence-corrected chi connectivity index (χ4v) is 1.32. The van der Waals surface area contributed by atoms with Crippen molar-refractivity contribution < 1.29 is 0 Å². The second-order valence-corrected chi connectivity index (χ2v) is 4.29. The highest BCUT2D eigenvalue weighted by atomic mass is 15.0. The Balaban J connectivity index is 3.04. The highest BCUT2D eigenvalue weighted by Gasteiger charge is 1.91. The summed E-state index contributed by atoms with van der Waals surface area (Å²) in [5.41, 5.74) is 1.45. The topological polar surface area (TPSA) is 3.24 Å². The third-order valence-electron chi connectivity index (χ3n) is 2.11. The van der Waals surface area contributed by atoms with Crippen molar-refractivity contribution in [1.82, 2.24) is 4.90 Å². The van der Waals surface area contributed by atoms with E-state index in [-0.39, 0.29) is 0 Å². The maximum absolute atomic E-state index is 2.34. The molecule has 0 N–H and O–H groups in total. The third-order valence-corrected chi connectivity index (χ3v) is 2.11. The van der Waals surface area contributed by atoms with E-state index in [2.05, 4.69) is 38.9 Å². The molecule has 0 heterocycles. The zero-order valence-electron chi connectivity index (χ0n) is 9.77. The summed E-state index contributed by atoms with van der Waals surface area (Å²) in [5.74, 6) is 0. The van der Waals surface area contributed by atoms with Gasteiger partial charge in [0.15, 0.2) is 0 Å². The Morgan fingerprint density at radius 2 is 1.62 bits per heavy atom. The van der Waals surface area contributed by atoms with E-state index in [1.165, 1.54) is 44.2 Å². The zero-order valence-corrected chi connectivity index (χ0v) is 9.77. The van der Waals surface area contributed by atoms with E-state index in [4.69, 9.17) is 0 Å². The standard InChI is InChI=1S/C12H25N/c1-12(2)10-8-6-5-7-9-11-13(3)4/h10H,5-9,11H2,1-4H3. The van der Waals surface area contributed by atoms with Crippen LogP contribution in [0.5, 0.6) is 0 Å². The van der Waals surface area contributed by atoms with Gasteiger partial charge >= 0.3 is 0 Å². The van der Waals surface area contributed by atoms with Gasteiger partial charge < -0.3 is 4.90 Å². The second kappa shape index (κ2) is 8.31. The van der Waals surface area contributed by atoms with Crippen LogP contribution < -0.4 is 0 Å². The molecule has 0 radical (unpaired) electrons. The number of allylic oxidation sites excluding steroid dienone is 2. The van der Waals surface area contributed by atoms with Crippen LogP contribution in [0, 0.1) is 0 Å². The molecule has 0 spiro atoms. The first-order valence-electron chi connectivity index (χ1n) is 5.41. The Morgan fingerprint density at radius 3 is 2.15 bits per heavy atom. The molecule has 1 heteroatoms. The van der Waals surface area contributed by atoms with Crippen LogP contribution in [0.2, 0.25) is 0 Å². The smallest absolute Gasteiger partial charge is 0.00248 e. The van der Waals surface area contributed by atoms with Crippen molar-refractivity contribution in [2.45, 2.75) is 46.0 Å². The highest BCUT2D eigenvalue weighted by Crippen LogP contribution is 2.05. The molecule has 0 fully saturated rings. The van der Waals surface area contributed by atoms with Crippen molar-refractivity contribution >= 4 is 0 Å². The molecule has 0 saturated heterocycles. The molecule has 0 unspecified atom stereocenters. The van der Waals surface area contributed by atoms with Gasteiger partial charge in [-0.1, -0.05) is 24.5 Å². The SMILES string of the molecule is CC(C)=CCCCCCCN(C)C. The fraction of sp³-hybridized carbons (Fsp3) is 0.833.